The molecule has 1 fully saturated rings. The molecule has 1 aromatic heterocycles. The Labute approximate surface area is 195 Å². The molecule has 3 aromatic rings. The van der Waals surface area contributed by atoms with E-state index < -0.39 is 0 Å². The van der Waals surface area contributed by atoms with Crippen LogP contribution in [0, 0.1) is 19.7 Å². The molecule has 4 rings (SSSR count). The molecular weight excluding hydrogens is 417 g/mol. The van der Waals surface area contributed by atoms with Crippen molar-refractivity contribution in [1.82, 2.24) is 19.6 Å². The van der Waals surface area contributed by atoms with Gasteiger partial charge in [0.2, 0.25) is 0 Å². The summed E-state index contributed by atoms with van der Waals surface area (Å²) in [5, 5.41) is 15.3. The summed E-state index contributed by atoms with van der Waals surface area (Å²) in [5.41, 5.74) is 4.98. The van der Waals surface area contributed by atoms with Crippen molar-refractivity contribution in [3.05, 3.63) is 70.7 Å². The summed E-state index contributed by atoms with van der Waals surface area (Å²) in [6.07, 6.45) is 0. The quantitative estimate of drug-likeness (QED) is 0.586. The highest BCUT2D eigenvalue weighted by Gasteiger charge is 2.26. The first-order valence-corrected chi connectivity index (χ1v) is 11.6. The van der Waals surface area contributed by atoms with Crippen LogP contribution in [0.5, 0.6) is 5.75 Å². The zero-order chi connectivity index (χ0) is 23.5. The molecule has 1 aliphatic rings. The molecule has 0 aliphatic carbocycles. The van der Waals surface area contributed by atoms with Crippen LogP contribution in [-0.2, 0) is 13.1 Å². The number of anilines is 1. The molecule has 0 spiro atoms. The molecule has 0 bridgehead atoms. The van der Waals surface area contributed by atoms with Gasteiger partial charge >= 0.3 is 0 Å². The van der Waals surface area contributed by atoms with Gasteiger partial charge in [0.25, 0.3) is 0 Å². The number of hydrogen-bond donors (Lipinski definition) is 1. The van der Waals surface area contributed by atoms with Crippen LogP contribution in [0.2, 0.25) is 0 Å². The highest BCUT2D eigenvalue weighted by atomic mass is 19.1. The van der Waals surface area contributed by atoms with Crippen molar-refractivity contribution in [1.29, 1.82) is 0 Å². The van der Waals surface area contributed by atoms with Crippen LogP contribution >= 0.6 is 0 Å². The van der Waals surface area contributed by atoms with Crippen molar-refractivity contribution in [2.24, 2.45) is 0 Å². The number of hydrogen-bond acceptors (Lipinski definition) is 5. The van der Waals surface area contributed by atoms with Gasteiger partial charge in [-0.05, 0) is 63.3 Å². The average Bonchev–Trinajstić information content (AvgIpc) is 3.12. The van der Waals surface area contributed by atoms with Crippen molar-refractivity contribution in [2.75, 3.05) is 44.7 Å². The van der Waals surface area contributed by atoms with Crippen molar-refractivity contribution in [3.63, 3.8) is 0 Å². The molecule has 33 heavy (non-hydrogen) atoms. The van der Waals surface area contributed by atoms with Crippen LogP contribution < -0.4 is 4.90 Å². The summed E-state index contributed by atoms with van der Waals surface area (Å²) >= 11 is 0. The fourth-order valence-electron chi connectivity index (χ4n) is 4.39. The van der Waals surface area contributed by atoms with Crippen LogP contribution in [0.15, 0.2) is 42.5 Å². The lowest BCUT2D eigenvalue weighted by Gasteiger charge is -2.35. The van der Waals surface area contributed by atoms with Gasteiger partial charge < -0.3 is 14.9 Å². The number of nitrogens with zero attached hydrogens (tertiary/aromatic N) is 5. The summed E-state index contributed by atoms with van der Waals surface area (Å²) in [5.74, 6) is 1.17. The van der Waals surface area contributed by atoms with Gasteiger partial charge in [0, 0.05) is 50.4 Å². The highest BCUT2D eigenvalue weighted by molar-refractivity contribution is 5.56. The zero-order valence-corrected chi connectivity index (χ0v) is 20.1. The first-order valence-electron chi connectivity index (χ1n) is 11.6. The van der Waals surface area contributed by atoms with E-state index in [4.69, 9.17) is 5.10 Å². The van der Waals surface area contributed by atoms with Crippen LogP contribution in [0.1, 0.15) is 29.3 Å². The van der Waals surface area contributed by atoms with Crippen LogP contribution in [0.3, 0.4) is 0 Å². The molecule has 0 atom stereocenters. The molecule has 1 saturated heterocycles. The number of phenols is 1. The zero-order valence-electron chi connectivity index (χ0n) is 20.1. The third-order valence-electron chi connectivity index (χ3n) is 6.49. The molecule has 6 nitrogen and oxygen atoms in total. The Morgan fingerprint density at radius 2 is 1.70 bits per heavy atom. The summed E-state index contributed by atoms with van der Waals surface area (Å²) in [4.78, 5) is 7.05. The van der Waals surface area contributed by atoms with E-state index in [1.54, 1.807) is 12.1 Å². The van der Waals surface area contributed by atoms with E-state index in [0.717, 1.165) is 67.6 Å². The van der Waals surface area contributed by atoms with Crippen LogP contribution in [0.4, 0.5) is 10.2 Å². The number of aromatic nitrogens is 2. The Morgan fingerprint density at radius 3 is 2.33 bits per heavy atom. The Bertz CT molecular complexity index is 1090. The molecule has 176 valence electrons. The molecule has 1 aliphatic heterocycles. The molecule has 1 N–H and O–H groups in total. The van der Waals surface area contributed by atoms with E-state index in [-0.39, 0.29) is 5.82 Å². The smallest absolute Gasteiger partial charge is 0.137 e. The summed E-state index contributed by atoms with van der Waals surface area (Å²) < 4.78 is 15.6. The van der Waals surface area contributed by atoms with Gasteiger partial charge in [-0.1, -0.05) is 19.1 Å². The van der Waals surface area contributed by atoms with Crippen molar-refractivity contribution >= 4 is 5.82 Å². The maximum atomic E-state index is 13.6. The second-order valence-corrected chi connectivity index (χ2v) is 9.00. The number of piperazine rings is 1. The van der Waals surface area contributed by atoms with Gasteiger partial charge in [-0.25, -0.2) is 9.07 Å². The molecule has 7 heteroatoms. The van der Waals surface area contributed by atoms with E-state index in [1.807, 2.05) is 36.7 Å². The standard InChI is InChI=1S/C26H34FN5O/c1-5-30(17-21-7-6-19(2)16-25(21)33)18-24-20(3)28-32(23-10-8-22(27)9-11-23)26(24)31-14-12-29(4)13-15-31/h6-11,16,33H,5,12-15,17-18H2,1-4H3. The van der Waals surface area contributed by atoms with Gasteiger partial charge in [0.15, 0.2) is 0 Å². The number of aryl methyl sites for hydroxylation is 2. The number of likely N-dealkylation sites (N-methyl/N-ethyl adjacent to an activating group) is 1. The number of benzene rings is 2. The second kappa shape index (κ2) is 9.93. The van der Waals surface area contributed by atoms with E-state index in [2.05, 4.69) is 28.7 Å². The average molecular weight is 452 g/mol. The largest absolute Gasteiger partial charge is 0.508 e. The first kappa shape index (κ1) is 23.3. The minimum Gasteiger partial charge on any atom is -0.508 e. The maximum Gasteiger partial charge on any atom is 0.137 e. The fourth-order valence-corrected chi connectivity index (χ4v) is 4.39. The SMILES string of the molecule is CCN(Cc1ccc(C)cc1O)Cc1c(C)nn(-c2ccc(F)cc2)c1N1CCN(C)CC1. The third-order valence-corrected chi connectivity index (χ3v) is 6.49. The van der Waals surface area contributed by atoms with E-state index in [9.17, 15) is 9.50 Å². The van der Waals surface area contributed by atoms with Crippen LogP contribution in [0.25, 0.3) is 5.69 Å². The summed E-state index contributed by atoms with van der Waals surface area (Å²) in [6.45, 7) is 12.2. The Kier molecular flexibility index (Phi) is 7.00. The Hall–Kier alpha value is -2.90. The normalized spacial score (nSPS) is 14.9. The lowest BCUT2D eigenvalue weighted by molar-refractivity contribution is 0.266. The fraction of sp³-hybridized carbons (Fsp3) is 0.423. The van der Waals surface area contributed by atoms with Gasteiger partial charge in [-0.15, -0.1) is 0 Å². The minimum atomic E-state index is -0.251. The molecule has 0 amide bonds. The van der Waals surface area contributed by atoms with E-state index in [0.29, 0.717) is 12.3 Å². The van der Waals surface area contributed by atoms with E-state index in [1.165, 1.54) is 17.7 Å². The van der Waals surface area contributed by atoms with Crippen LogP contribution in [-0.4, -0.2) is 64.5 Å². The number of halogens is 1. The Morgan fingerprint density at radius 1 is 1.00 bits per heavy atom. The molecule has 0 saturated carbocycles. The second-order valence-electron chi connectivity index (χ2n) is 9.00. The van der Waals surface area contributed by atoms with Gasteiger partial charge in [-0.3, -0.25) is 4.90 Å². The topological polar surface area (TPSA) is 47.8 Å². The summed E-state index contributed by atoms with van der Waals surface area (Å²) in [7, 11) is 2.15. The van der Waals surface area contributed by atoms with Crippen molar-refractivity contribution < 1.29 is 9.50 Å². The number of aromatic hydroxyl groups is 1. The van der Waals surface area contributed by atoms with E-state index >= 15 is 0 Å². The third kappa shape index (κ3) is 5.20. The van der Waals surface area contributed by atoms with Gasteiger partial charge in [0.05, 0.1) is 11.4 Å². The number of rotatable bonds is 7. The monoisotopic (exact) mass is 451 g/mol. The highest BCUT2D eigenvalue weighted by Crippen LogP contribution is 2.30. The predicted molar refractivity (Wildman–Crippen MR) is 131 cm³/mol. The van der Waals surface area contributed by atoms with Gasteiger partial charge in [0.1, 0.15) is 17.4 Å². The molecule has 0 radical (unpaired) electrons. The van der Waals surface area contributed by atoms with Gasteiger partial charge in [-0.2, -0.15) is 5.10 Å². The predicted octanol–water partition coefficient (Wildman–Crippen LogP) is 4.11. The number of phenolic OH excluding ortho intramolecular Hbond substituents is 1. The molecular formula is C26H34FN5O. The minimum absolute atomic E-state index is 0.251. The maximum absolute atomic E-state index is 13.6. The molecule has 2 aromatic carbocycles. The molecule has 2 heterocycles. The van der Waals surface area contributed by atoms with Crippen molar-refractivity contribution in [3.8, 4) is 11.4 Å². The first-order chi connectivity index (χ1) is 15.9. The lowest BCUT2D eigenvalue weighted by Crippen LogP contribution is -2.45. The molecule has 0 unspecified atom stereocenters. The van der Waals surface area contributed by atoms with Crippen molar-refractivity contribution in [2.45, 2.75) is 33.9 Å². The Balaban J connectivity index is 1.69. The summed E-state index contributed by atoms with van der Waals surface area (Å²) in [6, 6.07) is 12.4. The lowest BCUT2D eigenvalue weighted by atomic mass is 10.1.